The fraction of sp³-hybridized carbons (Fsp3) is 0.364. The molecular weight excluding hydrogens is 235 g/mol. The first-order valence-electron chi connectivity index (χ1n) is 4.86. The quantitative estimate of drug-likeness (QED) is 0.816. The zero-order valence-electron chi connectivity index (χ0n) is 9.20. The van der Waals surface area contributed by atoms with Crippen LogP contribution in [-0.2, 0) is 9.53 Å². The molecule has 17 heavy (non-hydrogen) atoms. The lowest BCUT2D eigenvalue weighted by atomic mass is 10.3. The number of carbonyl (C=O) groups is 1. The van der Waals surface area contributed by atoms with E-state index in [9.17, 15) is 18.0 Å². The van der Waals surface area contributed by atoms with Crippen molar-refractivity contribution in [2.45, 2.75) is 6.18 Å². The number of ether oxygens (including phenoxy) is 1. The average Bonchev–Trinajstić information content (AvgIpc) is 2.27. The first-order valence-corrected chi connectivity index (χ1v) is 4.86. The van der Waals surface area contributed by atoms with Crippen molar-refractivity contribution in [3.05, 3.63) is 30.3 Å². The third-order valence-corrected chi connectivity index (χ3v) is 2.01. The third-order valence-electron chi connectivity index (χ3n) is 2.01. The molecule has 0 saturated heterocycles. The molecule has 0 spiro atoms. The number of alkyl halides is 3. The van der Waals surface area contributed by atoms with Crippen molar-refractivity contribution in [2.75, 3.05) is 25.2 Å². The molecule has 1 aromatic rings. The van der Waals surface area contributed by atoms with Gasteiger partial charge in [0.25, 0.3) is 5.91 Å². The van der Waals surface area contributed by atoms with Gasteiger partial charge in [0, 0.05) is 12.7 Å². The number of anilines is 1. The molecule has 0 aliphatic rings. The number of likely N-dealkylation sites (N-methyl/N-ethyl adjacent to an activating group) is 1. The van der Waals surface area contributed by atoms with Crippen LogP contribution >= 0.6 is 0 Å². The maximum atomic E-state index is 11.8. The van der Waals surface area contributed by atoms with Gasteiger partial charge in [-0.2, -0.15) is 13.2 Å². The lowest BCUT2D eigenvalue weighted by Gasteiger charge is -2.17. The van der Waals surface area contributed by atoms with E-state index in [1.165, 1.54) is 11.9 Å². The van der Waals surface area contributed by atoms with Gasteiger partial charge < -0.3 is 9.64 Å². The third kappa shape index (κ3) is 4.86. The number of rotatable bonds is 4. The standard InChI is InChI=1S/C11H12F3NO2/c1-15(9-5-3-2-4-6-9)10(16)7-17-8-11(12,13)14/h2-6H,7-8H2,1H3. The van der Waals surface area contributed by atoms with Crippen LogP contribution in [0.3, 0.4) is 0 Å². The molecule has 0 unspecified atom stereocenters. The Morgan fingerprint density at radius 2 is 1.88 bits per heavy atom. The predicted octanol–water partition coefficient (Wildman–Crippen LogP) is 2.23. The van der Waals surface area contributed by atoms with Gasteiger partial charge in [0.1, 0.15) is 13.2 Å². The topological polar surface area (TPSA) is 29.5 Å². The second-order valence-electron chi connectivity index (χ2n) is 3.40. The van der Waals surface area contributed by atoms with Gasteiger partial charge in [-0.3, -0.25) is 4.79 Å². The summed E-state index contributed by atoms with van der Waals surface area (Å²) in [7, 11) is 1.48. The minimum atomic E-state index is -4.41. The van der Waals surface area contributed by atoms with Crippen LogP contribution in [0.4, 0.5) is 18.9 Å². The lowest BCUT2D eigenvalue weighted by molar-refractivity contribution is -0.175. The van der Waals surface area contributed by atoms with E-state index in [0.717, 1.165) is 0 Å². The smallest absolute Gasteiger partial charge is 0.362 e. The Morgan fingerprint density at radius 3 is 2.41 bits per heavy atom. The maximum Gasteiger partial charge on any atom is 0.411 e. The van der Waals surface area contributed by atoms with Crippen molar-refractivity contribution in [3.63, 3.8) is 0 Å². The molecule has 0 atom stereocenters. The van der Waals surface area contributed by atoms with Crippen LogP contribution in [0.15, 0.2) is 30.3 Å². The Labute approximate surface area is 96.8 Å². The van der Waals surface area contributed by atoms with Gasteiger partial charge in [-0.05, 0) is 12.1 Å². The number of nitrogens with zero attached hydrogens (tertiary/aromatic N) is 1. The first kappa shape index (κ1) is 13.5. The van der Waals surface area contributed by atoms with E-state index in [2.05, 4.69) is 4.74 Å². The van der Waals surface area contributed by atoms with Crippen molar-refractivity contribution in [1.29, 1.82) is 0 Å². The van der Waals surface area contributed by atoms with Crippen molar-refractivity contribution >= 4 is 11.6 Å². The van der Waals surface area contributed by atoms with E-state index < -0.39 is 25.3 Å². The highest BCUT2D eigenvalue weighted by Gasteiger charge is 2.28. The van der Waals surface area contributed by atoms with Crippen LogP contribution in [0.5, 0.6) is 0 Å². The van der Waals surface area contributed by atoms with E-state index in [1.807, 2.05) is 0 Å². The number of carbonyl (C=O) groups excluding carboxylic acids is 1. The number of amides is 1. The predicted molar refractivity (Wildman–Crippen MR) is 56.7 cm³/mol. The van der Waals surface area contributed by atoms with E-state index >= 15 is 0 Å². The van der Waals surface area contributed by atoms with Crippen molar-refractivity contribution in [2.24, 2.45) is 0 Å². The zero-order chi connectivity index (χ0) is 12.9. The average molecular weight is 247 g/mol. The van der Waals surface area contributed by atoms with Gasteiger partial charge in [-0.25, -0.2) is 0 Å². The van der Waals surface area contributed by atoms with Gasteiger partial charge in [0.2, 0.25) is 0 Å². The van der Waals surface area contributed by atoms with Crippen LogP contribution in [0.25, 0.3) is 0 Å². The molecular formula is C11H12F3NO2. The normalized spacial score (nSPS) is 11.3. The zero-order valence-corrected chi connectivity index (χ0v) is 9.20. The monoisotopic (exact) mass is 247 g/mol. The second kappa shape index (κ2) is 5.67. The SMILES string of the molecule is CN(C(=O)COCC(F)(F)F)c1ccccc1. The number of hydrogen-bond acceptors (Lipinski definition) is 2. The summed E-state index contributed by atoms with van der Waals surface area (Å²) in [6, 6.07) is 8.61. The van der Waals surface area contributed by atoms with Crippen molar-refractivity contribution in [3.8, 4) is 0 Å². The lowest BCUT2D eigenvalue weighted by Crippen LogP contribution is -2.31. The number of para-hydroxylation sites is 1. The first-order chi connectivity index (χ1) is 7.90. The molecule has 0 bridgehead atoms. The Kier molecular flexibility index (Phi) is 4.51. The van der Waals surface area contributed by atoms with E-state index in [4.69, 9.17) is 0 Å². The molecule has 94 valence electrons. The van der Waals surface area contributed by atoms with Gasteiger partial charge in [0.15, 0.2) is 0 Å². The number of halogens is 3. The molecule has 0 N–H and O–H groups in total. The fourth-order valence-corrected chi connectivity index (χ4v) is 1.15. The van der Waals surface area contributed by atoms with Crippen LogP contribution in [0.1, 0.15) is 0 Å². The van der Waals surface area contributed by atoms with E-state index in [0.29, 0.717) is 5.69 Å². The van der Waals surface area contributed by atoms with Gasteiger partial charge in [0.05, 0.1) is 0 Å². The fourth-order valence-electron chi connectivity index (χ4n) is 1.15. The molecule has 1 aromatic carbocycles. The Morgan fingerprint density at radius 1 is 1.29 bits per heavy atom. The molecule has 3 nitrogen and oxygen atoms in total. The van der Waals surface area contributed by atoms with Gasteiger partial charge in [-0.15, -0.1) is 0 Å². The van der Waals surface area contributed by atoms with Crippen LogP contribution in [0, 0.1) is 0 Å². The highest BCUT2D eigenvalue weighted by Crippen LogP contribution is 2.15. The Hall–Kier alpha value is -1.56. The summed E-state index contributed by atoms with van der Waals surface area (Å²) in [5.41, 5.74) is 0.605. The molecule has 0 aliphatic carbocycles. The molecule has 0 aliphatic heterocycles. The number of hydrogen-bond donors (Lipinski definition) is 0. The summed E-state index contributed by atoms with van der Waals surface area (Å²) in [6.07, 6.45) is -4.41. The Bertz CT molecular complexity index is 365. The molecule has 1 rings (SSSR count). The molecule has 0 radical (unpaired) electrons. The van der Waals surface area contributed by atoms with Crippen LogP contribution < -0.4 is 4.90 Å². The molecule has 0 saturated carbocycles. The van der Waals surface area contributed by atoms with Crippen LogP contribution in [-0.4, -0.2) is 32.3 Å². The molecule has 1 amide bonds. The van der Waals surface area contributed by atoms with E-state index in [-0.39, 0.29) is 0 Å². The van der Waals surface area contributed by atoms with Crippen LogP contribution in [0.2, 0.25) is 0 Å². The largest absolute Gasteiger partial charge is 0.411 e. The summed E-state index contributed by atoms with van der Waals surface area (Å²) >= 11 is 0. The van der Waals surface area contributed by atoms with Gasteiger partial charge in [-0.1, -0.05) is 18.2 Å². The molecule has 6 heteroatoms. The van der Waals surface area contributed by atoms with Crippen molar-refractivity contribution < 1.29 is 22.7 Å². The summed E-state index contributed by atoms with van der Waals surface area (Å²) < 4.78 is 39.6. The summed E-state index contributed by atoms with van der Waals surface area (Å²) in [5, 5.41) is 0. The van der Waals surface area contributed by atoms with Crippen molar-refractivity contribution in [1.82, 2.24) is 0 Å². The van der Waals surface area contributed by atoms with E-state index in [1.54, 1.807) is 30.3 Å². The minimum absolute atomic E-state index is 0.527. The highest BCUT2D eigenvalue weighted by atomic mass is 19.4. The molecule has 0 heterocycles. The molecule has 0 aromatic heterocycles. The highest BCUT2D eigenvalue weighted by molar-refractivity contribution is 5.93. The maximum absolute atomic E-state index is 11.8. The number of benzene rings is 1. The second-order valence-corrected chi connectivity index (χ2v) is 3.40. The summed E-state index contributed by atoms with van der Waals surface area (Å²) in [5.74, 6) is -0.527. The molecule has 0 fully saturated rings. The summed E-state index contributed by atoms with van der Waals surface area (Å²) in [6.45, 7) is -2.01. The summed E-state index contributed by atoms with van der Waals surface area (Å²) in [4.78, 5) is 12.7. The van der Waals surface area contributed by atoms with Gasteiger partial charge >= 0.3 is 6.18 Å². The minimum Gasteiger partial charge on any atom is -0.362 e. The Balaban J connectivity index is 2.43.